The van der Waals surface area contributed by atoms with Crippen molar-refractivity contribution in [2.45, 2.75) is 44.1 Å². The number of rotatable bonds is 1. The maximum Gasteiger partial charge on any atom is 0.430 e. The van der Waals surface area contributed by atoms with Gasteiger partial charge < -0.3 is 10.2 Å². The molecule has 0 aromatic heterocycles. The van der Waals surface area contributed by atoms with Crippen LogP contribution in [-0.4, -0.2) is 22.6 Å². The molecule has 0 atom stereocenters. The first-order chi connectivity index (χ1) is 9.12. The van der Waals surface area contributed by atoms with Gasteiger partial charge in [0.05, 0.1) is 0 Å². The van der Waals surface area contributed by atoms with E-state index < -0.39 is 34.7 Å². The Kier molecular flexibility index (Phi) is 4.02. The number of aliphatic hydroxyl groups is 1. The van der Waals surface area contributed by atoms with E-state index in [1.165, 1.54) is 6.07 Å². The number of benzene rings is 1. The van der Waals surface area contributed by atoms with Crippen LogP contribution in [0.15, 0.2) is 18.2 Å². The summed E-state index contributed by atoms with van der Waals surface area (Å²) >= 11 is 0. The van der Waals surface area contributed by atoms with Crippen LogP contribution in [0.4, 0.5) is 26.3 Å². The maximum absolute atomic E-state index is 12.8. The summed E-state index contributed by atoms with van der Waals surface area (Å²) in [5, 5.41) is 18.7. The van der Waals surface area contributed by atoms with E-state index in [1.807, 2.05) is 0 Å². The van der Waals surface area contributed by atoms with Gasteiger partial charge in [-0.15, -0.1) is 0 Å². The summed E-state index contributed by atoms with van der Waals surface area (Å²) in [5.74, 6) is -1.28. The molecule has 0 bridgehead atoms. The molecule has 0 fully saturated rings. The minimum absolute atomic E-state index is 0.113. The zero-order valence-corrected chi connectivity index (χ0v) is 11.4. The molecule has 0 saturated heterocycles. The molecule has 0 amide bonds. The molecule has 0 heterocycles. The molecule has 0 unspecified atom stereocenters. The van der Waals surface area contributed by atoms with Gasteiger partial charge in [0.2, 0.25) is 0 Å². The second-order valence-corrected chi connectivity index (χ2v) is 5.69. The van der Waals surface area contributed by atoms with Crippen LogP contribution in [0.3, 0.4) is 0 Å². The quantitative estimate of drug-likeness (QED) is 0.769. The first-order valence-electron chi connectivity index (χ1n) is 5.82. The van der Waals surface area contributed by atoms with Gasteiger partial charge in [-0.25, -0.2) is 0 Å². The number of phenolic OH excluding ortho intramolecular Hbond substituents is 1. The minimum Gasteiger partial charge on any atom is -0.508 e. The molecule has 0 aliphatic heterocycles. The van der Waals surface area contributed by atoms with Crippen molar-refractivity contribution in [3.63, 3.8) is 0 Å². The van der Waals surface area contributed by atoms with Crippen LogP contribution in [0.25, 0.3) is 0 Å². The Labute approximate surface area is 117 Å². The van der Waals surface area contributed by atoms with Gasteiger partial charge >= 0.3 is 12.4 Å². The summed E-state index contributed by atoms with van der Waals surface area (Å²) in [6, 6.07) is 2.43. The number of hydrogen-bond acceptors (Lipinski definition) is 2. The van der Waals surface area contributed by atoms with Crippen LogP contribution < -0.4 is 0 Å². The summed E-state index contributed by atoms with van der Waals surface area (Å²) in [4.78, 5) is 0. The predicted molar refractivity (Wildman–Crippen MR) is 62.8 cm³/mol. The molecule has 2 nitrogen and oxygen atoms in total. The predicted octanol–water partition coefficient (Wildman–Crippen LogP) is 4.00. The molecular formula is C13H14F6O2. The molecule has 8 heteroatoms. The summed E-state index contributed by atoms with van der Waals surface area (Å²) in [5.41, 5.74) is -7.41. The van der Waals surface area contributed by atoms with E-state index in [9.17, 15) is 36.6 Å². The highest BCUT2D eigenvalue weighted by Crippen LogP contribution is 2.52. The third-order valence-electron chi connectivity index (χ3n) is 3.07. The fraction of sp³-hybridized carbons (Fsp3) is 0.538. The number of halogens is 6. The standard InChI is InChI=1S/C13H14F6O2/c1-10(2,3)7-4-5-9(20)8(6-7)11(21,12(14,15)16)13(17,18)19/h4-6,20-21H,1-3H3. The molecule has 1 aromatic carbocycles. The van der Waals surface area contributed by atoms with Crippen LogP contribution in [0.1, 0.15) is 31.9 Å². The van der Waals surface area contributed by atoms with E-state index >= 15 is 0 Å². The second kappa shape index (κ2) is 4.79. The minimum atomic E-state index is -6.03. The fourth-order valence-corrected chi connectivity index (χ4v) is 1.76. The normalized spacial score (nSPS) is 14.4. The molecular weight excluding hydrogens is 302 g/mol. The second-order valence-electron chi connectivity index (χ2n) is 5.69. The van der Waals surface area contributed by atoms with E-state index in [2.05, 4.69) is 0 Å². The molecule has 0 radical (unpaired) electrons. The third kappa shape index (κ3) is 2.95. The highest BCUT2D eigenvalue weighted by Gasteiger charge is 2.72. The van der Waals surface area contributed by atoms with E-state index in [-0.39, 0.29) is 5.56 Å². The van der Waals surface area contributed by atoms with Crippen molar-refractivity contribution in [3.05, 3.63) is 29.3 Å². The first-order valence-corrected chi connectivity index (χ1v) is 5.82. The van der Waals surface area contributed by atoms with Gasteiger partial charge in [-0.1, -0.05) is 26.8 Å². The average molecular weight is 316 g/mol. The maximum atomic E-state index is 12.8. The number of alkyl halides is 6. The van der Waals surface area contributed by atoms with Crippen molar-refractivity contribution in [1.82, 2.24) is 0 Å². The number of hydrogen-bond donors (Lipinski definition) is 2. The molecule has 2 N–H and O–H groups in total. The molecule has 0 spiro atoms. The Hall–Kier alpha value is -1.44. The van der Waals surface area contributed by atoms with Gasteiger partial charge in [-0.3, -0.25) is 0 Å². The molecule has 21 heavy (non-hydrogen) atoms. The lowest BCUT2D eigenvalue weighted by atomic mass is 9.82. The van der Waals surface area contributed by atoms with E-state index in [0.29, 0.717) is 12.1 Å². The molecule has 0 aliphatic carbocycles. The van der Waals surface area contributed by atoms with Gasteiger partial charge in [0.1, 0.15) is 5.75 Å². The zero-order chi connectivity index (χ0) is 16.9. The Morgan fingerprint density at radius 3 is 1.62 bits per heavy atom. The summed E-state index contributed by atoms with van der Waals surface area (Å²) in [6.45, 7) is 4.72. The molecule has 1 aromatic rings. The van der Waals surface area contributed by atoms with Gasteiger partial charge in [0.15, 0.2) is 0 Å². The van der Waals surface area contributed by atoms with E-state index in [4.69, 9.17) is 0 Å². The highest BCUT2D eigenvalue weighted by molar-refractivity contribution is 5.44. The zero-order valence-electron chi connectivity index (χ0n) is 11.4. The lowest BCUT2D eigenvalue weighted by Gasteiger charge is -2.34. The lowest BCUT2D eigenvalue weighted by Crippen LogP contribution is -2.54. The molecule has 0 aliphatic rings. The van der Waals surface area contributed by atoms with Crippen molar-refractivity contribution < 1.29 is 36.6 Å². The van der Waals surface area contributed by atoms with Crippen molar-refractivity contribution in [2.24, 2.45) is 0 Å². The van der Waals surface area contributed by atoms with E-state index in [0.717, 1.165) is 0 Å². The van der Waals surface area contributed by atoms with Crippen molar-refractivity contribution in [3.8, 4) is 5.75 Å². The van der Waals surface area contributed by atoms with Crippen molar-refractivity contribution in [2.75, 3.05) is 0 Å². The topological polar surface area (TPSA) is 40.5 Å². The third-order valence-corrected chi connectivity index (χ3v) is 3.07. The van der Waals surface area contributed by atoms with Crippen LogP contribution in [0.2, 0.25) is 0 Å². The van der Waals surface area contributed by atoms with Gasteiger partial charge in [0, 0.05) is 5.56 Å². The van der Waals surface area contributed by atoms with Crippen molar-refractivity contribution in [1.29, 1.82) is 0 Å². The van der Waals surface area contributed by atoms with Crippen LogP contribution in [0, 0.1) is 0 Å². The first kappa shape index (κ1) is 17.6. The largest absolute Gasteiger partial charge is 0.508 e. The number of phenols is 1. The Morgan fingerprint density at radius 2 is 1.29 bits per heavy atom. The Morgan fingerprint density at radius 1 is 0.857 bits per heavy atom. The highest BCUT2D eigenvalue weighted by atomic mass is 19.4. The summed E-state index contributed by atoms with van der Waals surface area (Å²) < 4.78 is 76.9. The average Bonchev–Trinajstić information content (AvgIpc) is 2.23. The van der Waals surface area contributed by atoms with Gasteiger partial charge in [-0.2, -0.15) is 26.3 Å². The van der Waals surface area contributed by atoms with Crippen LogP contribution >= 0.6 is 0 Å². The lowest BCUT2D eigenvalue weighted by molar-refractivity contribution is -0.376. The molecule has 0 saturated carbocycles. The fourth-order valence-electron chi connectivity index (χ4n) is 1.76. The summed E-state index contributed by atoms with van der Waals surface area (Å²) in [7, 11) is 0. The smallest absolute Gasteiger partial charge is 0.430 e. The van der Waals surface area contributed by atoms with Crippen LogP contribution in [-0.2, 0) is 11.0 Å². The SMILES string of the molecule is CC(C)(C)c1ccc(O)c(C(O)(C(F)(F)F)C(F)(F)F)c1. The van der Waals surface area contributed by atoms with E-state index in [1.54, 1.807) is 20.8 Å². The molecule has 120 valence electrons. The Bertz CT molecular complexity index is 511. The van der Waals surface area contributed by atoms with Crippen LogP contribution in [0.5, 0.6) is 5.75 Å². The van der Waals surface area contributed by atoms with Crippen molar-refractivity contribution >= 4 is 0 Å². The monoisotopic (exact) mass is 316 g/mol. The van der Waals surface area contributed by atoms with Gasteiger partial charge in [-0.05, 0) is 23.1 Å². The number of aromatic hydroxyl groups is 1. The summed E-state index contributed by atoms with van der Waals surface area (Å²) in [6.07, 6.45) is -12.1. The van der Waals surface area contributed by atoms with Gasteiger partial charge in [0.25, 0.3) is 5.60 Å². The Balaban J connectivity index is 3.69. The molecule has 1 rings (SSSR count).